The zero-order valence-corrected chi connectivity index (χ0v) is 12.3. The van der Waals surface area contributed by atoms with E-state index in [-0.39, 0.29) is 5.75 Å². The highest BCUT2D eigenvalue weighted by Gasteiger charge is 2.18. The van der Waals surface area contributed by atoms with E-state index >= 15 is 0 Å². The topological polar surface area (TPSA) is 58.6 Å². The van der Waals surface area contributed by atoms with Gasteiger partial charge in [0.05, 0.1) is 12.3 Å². The highest BCUT2D eigenvalue weighted by Crippen LogP contribution is 2.27. The van der Waals surface area contributed by atoms with Crippen LogP contribution in [0.25, 0.3) is 0 Å². The third-order valence-electron chi connectivity index (χ3n) is 3.03. The molecule has 116 valence electrons. The number of hydrogen-bond acceptors (Lipinski definition) is 3. The van der Waals surface area contributed by atoms with Crippen LogP contribution in [-0.4, -0.2) is 17.6 Å². The fraction of sp³-hybridized carbons (Fsp3) is 0.235. The molecule has 0 aliphatic heterocycles. The number of rotatable bonds is 6. The van der Waals surface area contributed by atoms with Crippen molar-refractivity contribution in [2.24, 2.45) is 0 Å². The molecule has 2 N–H and O–H groups in total. The first-order chi connectivity index (χ1) is 10.6. The second-order valence-electron chi connectivity index (χ2n) is 4.79. The molecule has 2 rings (SSSR count). The maximum Gasteiger partial charge on any atom is 0.257 e. The molecule has 22 heavy (non-hydrogen) atoms. The van der Waals surface area contributed by atoms with Crippen LogP contribution in [0.1, 0.15) is 25.0 Å². The maximum absolute atomic E-state index is 13.3. The second-order valence-corrected chi connectivity index (χ2v) is 4.79. The van der Waals surface area contributed by atoms with Gasteiger partial charge in [0.1, 0.15) is 11.6 Å². The van der Waals surface area contributed by atoms with Crippen LogP contribution in [0.3, 0.4) is 0 Å². The van der Waals surface area contributed by atoms with E-state index in [9.17, 15) is 14.3 Å². The van der Waals surface area contributed by atoms with Gasteiger partial charge in [-0.15, -0.1) is 0 Å². The van der Waals surface area contributed by atoms with Crippen molar-refractivity contribution in [1.29, 1.82) is 0 Å². The fourth-order valence-electron chi connectivity index (χ4n) is 1.92. The first-order valence-electron chi connectivity index (χ1n) is 7.08. The number of aliphatic hydroxyl groups excluding tert-OH is 1. The van der Waals surface area contributed by atoms with E-state index in [1.54, 1.807) is 30.3 Å². The molecular formula is C17H18FNO3. The van der Waals surface area contributed by atoms with E-state index in [0.717, 1.165) is 6.42 Å². The van der Waals surface area contributed by atoms with Gasteiger partial charge in [0.15, 0.2) is 6.10 Å². The summed E-state index contributed by atoms with van der Waals surface area (Å²) in [6, 6.07) is 12.4. The molecule has 0 saturated carbocycles. The Bertz CT molecular complexity index is 631. The molecule has 0 bridgehead atoms. The summed E-state index contributed by atoms with van der Waals surface area (Å²) in [4.78, 5) is 12.1. The number of carbonyl (C=O) groups excluding carboxylic acids is 1. The Morgan fingerprint density at radius 3 is 2.68 bits per heavy atom. The van der Waals surface area contributed by atoms with Gasteiger partial charge >= 0.3 is 0 Å². The van der Waals surface area contributed by atoms with Crippen LogP contribution in [0.5, 0.6) is 5.75 Å². The van der Waals surface area contributed by atoms with Crippen LogP contribution in [0.4, 0.5) is 10.1 Å². The lowest BCUT2D eigenvalue weighted by Gasteiger charge is -2.15. The number of benzene rings is 2. The number of aliphatic hydroxyl groups is 1. The summed E-state index contributed by atoms with van der Waals surface area (Å²) < 4.78 is 18.7. The minimum Gasteiger partial charge on any atom is -0.491 e. The van der Waals surface area contributed by atoms with Crippen molar-refractivity contribution in [3.63, 3.8) is 0 Å². The highest BCUT2D eigenvalue weighted by molar-refractivity contribution is 5.95. The number of halogens is 1. The third-order valence-corrected chi connectivity index (χ3v) is 3.03. The Hall–Kier alpha value is -2.40. The average Bonchev–Trinajstić information content (AvgIpc) is 2.55. The van der Waals surface area contributed by atoms with Crippen LogP contribution in [-0.2, 0) is 4.79 Å². The molecule has 0 heterocycles. The first-order valence-corrected chi connectivity index (χ1v) is 7.08. The lowest BCUT2D eigenvalue weighted by atomic mass is 10.1. The van der Waals surface area contributed by atoms with Gasteiger partial charge in [-0.05, 0) is 24.1 Å². The van der Waals surface area contributed by atoms with Gasteiger partial charge in [-0.1, -0.05) is 37.3 Å². The first kappa shape index (κ1) is 16.0. The fourth-order valence-corrected chi connectivity index (χ4v) is 1.92. The quantitative estimate of drug-likeness (QED) is 0.861. The largest absolute Gasteiger partial charge is 0.491 e. The molecule has 0 aliphatic carbocycles. The number of hydrogen-bond donors (Lipinski definition) is 2. The Morgan fingerprint density at radius 1 is 1.27 bits per heavy atom. The molecule has 2 aromatic carbocycles. The Balaban J connectivity index is 2.14. The van der Waals surface area contributed by atoms with Crippen molar-refractivity contribution < 1.29 is 19.0 Å². The Labute approximate surface area is 128 Å². The molecule has 0 aliphatic rings. The smallest absolute Gasteiger partial charge is 0.257 e. The van der Waals surface area contributed by atoms with Gasteiger partial charge in [0.25, 0.3) is 5.91 Å². The molecule has 0 spiro atoms. The van der Waals surface area contributed by atoms with Crippen LogP contribution < -0.4 is 10.1 Å². The molecule has 0 aromatic heterocycles. The second kappa shape index (κ2) is 7.56. The van der Waals surface area contributed by atoms with Crippen molar-refractivity contribution in [2.75, 3.05) is 11.9 Å². The van der Waals surface area contributed by atoms with Crippen molar-refractivity contribution >= 4 is 11.6 Å². The van der Waals surface area contributed by atoms with Crippen LogP contribution in [0, 0.1) is 5.82 Å². The predicted molar refractivity (Wildman–Crippen MR) is 82.2 cm³/mol. The van der Waals surface area contributed by atoms with Crippen molar-refractivity contribution in [3.05, 3.63) is 59.9 Å². The number of amides is 1. The molecule has 0 fully saturated rings. The van der Waals surface area contributed by atoms with E-state index in [2.05, 4.69) is 5.32 Å². The van der Waals surface area contributed by atoms with E-state index < -0.39 is 17.8 Å². The monoisotopic (exact) mass is 303 g/mol. The van der Waals surface area contributed by atoms with Gasteiger partial charge in [-0.25, -0.2) is 4.39 Å². The number of ether oxygens (including phenoxy) is 1. The van der Waals surface area contributed by atoms with Gasteiger partial charge < -0.3 is 15.2 Å². The maximum atomic E-state index is 13.3. The van der Waals surface area contributed by atoms with Gasteiger partial charge in [-0.3, -0.25) is 4.79 Å². The number of nitrogens with one attached hydrogen (secondary N) is 1. The van der Waals surface area contributed by atoms with E-state index in [1.165, 1.54) is 18.2 Å². The van der Waals surface area contributed by atoms with Crippen molar-refractivity contribution in [3.8, 4) is 5.75 Å². The normalized spacial score (nSPS) is 11.8. The molecule has 1 atom stereocenters. The summed E-state index contributed by atoms with van der Waals surface area (Å²) in [6.07, 6.45) is -0.540. The van der Waals surface area contributed by atoms with E-state index in [1.807, 2.05) is 6.92 Å². The van der Waals surface area contributed by atoms with Gasteiger partial charge in [0, 0.05) is 6.07 Å². The van der Waals surface area contributed by atoms with Crippen molar-refractivity contribution in [2.45, 2.75) is 19.4 Å². The minimum absolute atomic E-state index is 0.246. The average molecular weight is 303 g/mol. The molecule has 1 unspecified atom stereocenters. The standard InChI is InChI=1S/C17H18FNO3/c1-2-10-22-15-11-13(18)8-9-14(15)19-17(21)16(20)12-6-4-3-5-7-12/h3-9,11,16,20H,2,10H2,1H3,(H,19,21). The molecule has 0 radical (unpaired) electrons. The Morgan fingerprint density at radius 2 is 2.00 bits per heavy atom. The highest BCUT2D eigenvalue weighted by atomic mass is 19.1. The van der Waals surface area contributed by atoms with Crippen LogP contribution >= 0.6 is 0 Å². The zero-order chi connectivity index (χ0) is 15.9. The summed E-state index contributed by atoms with van der Waals surface area (Å²) in [5.41, 5.74) is 0.813. The van der Waals surface area contributed by atoms with E-state index in [0.29, 0.717) is 17.9 Å². The summed E-state index contributed by atoms with van der Waals surface area (Å²) >= 11 is 0. The zero-order valence-electron chi connectivity index (χ0n) is 12.3. The van der Waals surface area contributed by atoms with E-state index in [4.69, 9.17) is 4.74 Å². The van der Waals surface area contributed by atoms with Crippen LogP contribution in [0.15, 0.2) is 48.5 Å². The minimum atomic E-state index is -1.30. The lowest BCUT2D eigenvalue weighted by Crippen LogP contribution is -2.21. The summed E-state index contributed by atoms with van der Waals surface area (Å²) in [7, 11) is 0. The van der Waals surface area contributed by atoms with Gasteiger partial charge in [0.2, 0.25) is 0 Å². The molecule has 4 nitrogen and oxygen atoms in total. The summed E-state index contributed by atoms with van der Waals surface area (Å²) in [6.45, 7) is 2.34. The lowest BCUT2D eigenvalue weighted by molar-refractivity contribution is -0.124. The molecule has 2 aromatic rings. The number of carbonyl (C=O) groups is 1. The molecular weight excluding hydrogens is 285 g/mol. The summed E-state index contributed by atoms with van der Waals surface area (Å²) in [5.74, 6) is -0.803. The Kier molecular flexibility index (Phi) is 5.49. The van der Waals surface area contributed by atoms with Crippen molar-refractivity contribution in [1.82, 2.24) is 0 Å². The van der Waals surface area contributed by atoms with Gasteiger partial charge in [-0.2, -0.15) is 0 Å². The van der Waals surface area contributed by atoms with Crippen LogP contribution in [0.2, 0.25) is 0 Å². The third kappa shape index (κ3) is 4.05. The molecule has 1 amide bonds. The summed E-state index contributed by atoms with van der Waals surface area (Å²) in [5, 5.41) is 12.6. The molecule has 5 heteroatoms. The SMILES string of the molecule is CCCOc1cc(F)ccc1NC(=O)C(O)c1ccccc1. The predicted octanol–water partition coefficient (Wildman–Crippen LogP) is 3.29. The molecule has 0 saturated heterocycles. The number of anilines is 1.